The fourth-order valence-corrected chi connectivity index (χ4v) is 6.67. The Hall–Kier alpha value is -2.10. The van der Waals surface area contributed by atoms with Crippen LogP contribution in [0, 0.1) is 20.8 Å². The Morgan fingerprint density at radius 3 is 1.97 bits per heavy atom. The van der Waals surface area contributed by atoms with Crippen LogP contribution in [0.4, 0.5) is 5.69 Å². The quantitative estimate of drug-likeness (QED) is 0.621. The monoisotopic (exact) mass is 454 g/mol. The molecule has 0 fully saturated rings. The van der Waals surface area contributed by atoms with E-state index in [2.05, 4.69) is 4.72 Å². The maximum atomic E-state index is 13.1. The number of hydrogen-bond acceptors (Lipinski definition) is 5. The highest BCUT2D eigenvalue weighted by molar-refractivity contribution is 7.92. The largest absolute Gasteiger partial charge is 0.492 e. The SMILES string of the molecule is CCOc1ccc(NS(=O)(=O)c2c(C)cc(C)cc2C)cc1S(=O)(=O)N(CC)CC. The lowest BCUT2D eigenvalue weighted by atomic mass is 10.1. The molecule has 0 spiro atoms. The molecule has 2 aromatic carbocycles. The van der Waals surface area contributed by atoms with Crippen molar-refractivity contribution >= 4 is 25.7 Å². The van der Waals surface area contributed by atoms with Crippen molar-refractivity contribution in [2.24, 2.45) is 0 Å². The first-order valence-corrected chi connectivity index (χ1v) is 12.8. The van der Waals surface area contributed by atoms with E-state index in [1.165, 1.54) is 22.5 Å². The summed E-state index contributed by atoms with van der Waals surface area (Å²) >= 11 is 0. The number of aryl methyl sites for hydroxylation is 3. The Balaban J connectivity index is 2.57. The minimum atomic E-state index is -3.91. The highest BCUT2D eigenvalue weighted by atomic mass is 32.2. The molecule has 2 aromatic rings. The summed E-state index contributed by atoms with van der Waals surface area (Å²) in [6, 6.07) is 7.90. The predicted octanol–water partition coefficient (Wildman–Crippen LogP) is 3.84. The number of ether oxygens (including phenoxy) is 1. The second-order valence-corrected chi connectivity index (χ2v) is 10.5. The Labute approximate surface area is 180 Å². The van der Waals surface area contributed by atoms with Crippen molar-refractivity contribution in [3.8, 4) is 5.75 Å². The lowest BCUT2D eigenvalue weighted by molar-refractivity contribution is 0.329. The molecule has 0 aliphatic rings. The number of benzene rings is 2. The van der Waals surface area contributed by atoms with Gasteiger partial charge >= 0.3 is 0 Å². The third-order valence-corrected chi connectivity index (χ3v) is 8.45. The van der Waals surface area contributed by atoms with Gasteiger partial charge in [-0.05, 0) is 57.0 Å². The molecule has 1 N–H and O–H groups in total. The molecular formula is C21H30N2O5S2. The van der Waals surface area contributed by atoms with Crippen molar-refractivity contribution in [1.29, 1.82) is 0 Å². The van der Waals surface area contributed by atoms with Crippen LogP contribution in [0.15, 0.2) is 40.1 Å². The van der Waals surface area contributed by atoms with Gasteiger partial charge in [-0.15, -0.1) is 0 Å². The molecule has 0 bridgehead atoms. The van der Waals surface area contributed by atoms with E-state index < -0.39 is 20.0 Å². The van der Waals surface area contributed by atoms with E-state index in [-0.39, 0.29) is 27.8 Å². The second kappa shape index (κ2) is 9.36. The topological polar surface area (TPSA) is 92.8 Å². The average molecular weight is 455 g/mol. The van der Waals surface area contributed by atoms with Crippen LogP contribution in [0.1, 0.15) is 37.5 Å². The number of sulfonamides is 2. The van der Waals surface area contributed by atoms with Gasteiger partial charge in [0.1, 0.15) is 10.6 Å². The molecule has 0 aliphatic heterocycles. The third kappa shape index (κ3) is 4.96. The fourth-order valence-electron chi connectivity index (χ4n) is 3.55. The number of nitrogens with zero attached hydrogens (tertiary/aromatic N) is 1. The van der Waals surface area contributed by atoms with E-state index in [4.69, 9.17) is 4.74 Å². The van der Waals surface area contributed by atoms with E-state index in [9.17, 15) is 16.8 Å². The zero-order valence-corrected chi connectivity index (χ0v) is 19.9. The van der Waals surface area contributed by atoms with Crippen LogP contribution in [0.25, 0.3) is 0 Å². The van der Waals surface area contributed by atoms with Crippen molar-refractivity contribution in [2.75, 3.05) is 24.4 Å². The van der Waals surface area contributed by atoms with Crippen molar-refractivity contribution in [3.63, 3.8) is 0 Å². The zero-order valence-electron chi connectivity index (χ0n) is 18.3. The summed E-state index contributed by atoms with van der Waals surface area (Å²) in [7, 11) is -7.75. The van der Waals surface area contributed by atoms with Crippen molar-refractivity contribution in [1.82, 2.24) is 4.31 Å². The molecule has 166 valence electrons. The summed E-state index contributed by atoms with van der Waals surface area (Å²) < 4.78 is 61.7. The van der Waals surface area contributed by atoms with Gasteiger partial charge in [0.2, 0.25) is 10.0 Å². The lowest BCUT2D eigenvalue weighted by Gasteiger charge is -2.21. The molecule has 0 amide bonds. The summed E-state index contributed by atoms with van der Waals surface area (Å²) in [4.78, 5) is 0.126. The number of hydrogen-bond donors (Lipinski definition) is 1. The van der Waals surface area contributed by atoms with Crippen molar-refractivity contribution < 1.29 is 21.6 Å². The predicted molar refractivity (Wildman–Crippen MR) is 119 cm³/mol. The second-order valence-electron chi connectivity index (χ2n) is 7.02. The molecule has 7 nitrogen and oxygen atoms in total. The molecule has 2 rings (SSSR count). The van der Waals surface area contributed by atoms with Gasteiger partial charge in [0, 0.05) is 13.1 Å². The molecule has 0 atom stereocenters. The first-order valence-electron chi connectivity index (χ1n) is 9.85. The molecular weight excluding hydrogens is 424 g/mol. The van der Waals surface area contributed by atoms with E-state index in [0.717, 1.165) is 5.56 Å². The van der Waals surface area contributed by atoms with Crippen LogP contribution in [0.5, 0.6) is 5.75 Å². The van der Waals surface area contributed by atoms with Gasteiger partial charge in [0.15, 0.2) is 0 Å². The summed E-state index contributed by atoms with van der Waals surface area (Å²) in [6.07, 6.45) is 0. The van der Waals surface area contributed by atoms with E-state index >= 15 is 0 Å². The number of anilines is 1. The molecule has 9 heteroatoms. The van der Waals surface area contributed by atoms with Crippen LogP contribution >= 0.6 is 0 Å². The fraction of sp³-hybridized carbons (Fsp3) is 0.429. The molecule has 0 aliphatic carbocycles. The normalized spacial score (nSPS) is 12.2. The lowest BCUT2D eigenvalue weighted by Crippen LogP contribution is -2.31. The standard InChI is InChI=1S/C21H30N2O5S2/c1-7-23(8-2)30(26,27)20-14-18(10-11-19(20)28-9-3)22-29(24,25)21-16(5)12-15(4)13-17(21)6/h10-14,22H,7-9H2,1-6H3. The van der Waals surface area contributed by atoms with Gasteiger partial charge < -0.3 is 4.74 Å². The van der Waals surface area contributed by atoms with Gasteiger partial charge in [0.05, 0.1) is 17.2 Å². The van der Waals surface area contributed by atoms with Crippen LogP contribution in [-0.4, -0.2) is 40.8 Å². The maximum absolute atomic E-state index is 13.1. The van der Waals surface area contributed by atoms with Crippen LogP contribution in [0.2, 0.25) is 0 Å². The summed E-state index contributed by atoms with van der Waals surface area (Å²) in [5.74, 6) is 0.190. The van der Waals surface area contributed by atoms with Crippen LogP contribution in [0.3, 0.4) is 0 Å². The molecule has 0 saturated heterocycles. The molecule has 0 unspecified atom stereocenters. The van der Waals surface area contributed by atoms with Crippen LogP contribution < -0.4 is 9.46 Å². The molecule has 0 aromatic heterocycles. The van der Waals surface area contributed by atoms with E-state index in [0.29, 0.717) is 24.2 Å². The van der Waals surface area contributed by atoms with Gasteiger partial charge in [-0.25, -0.2) is 16.8 Å². The van der Waals surface area contributed by atoms with Gasteiger partial charge in [-0.1, -0.05) is 31.5 Å². The van der Waals surface area contributed by atoms with E-state index in [1.54, 1.807) is 46.8 Å². The van der Waals surface area contributed by atoms with Gasteiger partial charge in [-0.3, -0.25) is 4.72 Å². The average Bonchev–Trinajstić information content (AvgIpc) is 2.62. The van der Waals surface area contributed by atoms with Gasteiger partial charge in [-0.2, -0.15) is 4.31 Å². The highest BCUT2D eigenvalue weighted by Crippen LogP contribution is 2.32. The highest BCUT2D eigenvalue weighted by Gasteiger charge is 2.27. The van der Waals surface area contributed by atoms with Gasteiger partial charge in [0.25, 0.3) is 10.0 Å². The van der Waals surface area contributed by atoms with E-state index in [1.807, 2.05) is 6.92 Å². The van der Waals surface area contributed by atoms with Crippen molar-refractivity contribution in [3.05, 3.63) is 47.0 Å². The Bertz CT molecular complexity index is 1100. The summed E-state index contributed by atoms with van der Waals surface area (Å²) in [5.41, 5.74) is 2.38. The first-order chi connectivity index (χ1) is 14.0. The minimum Gasteiger partial charge on any atom is -0.492 e. The maximum Gasteiger partial charge on any atom is 0.262 e. The molecule has 0 heterocycles. The van der Waals surface area contributed by atoms with Crippen LogP contribution in [-0.2, 0) is 20.0 Å². The molecule has 0 radical (unpaired) electrons. The minimum absolute atomic E-state index is 0.0643. The molecule has 30 heavy (non-hydrogen) atoms. The first kappa shape index (κ1) is 24.2. The number of rotatable bonds is 9. The third-order valence-electron chi connectivity index (χ3n) is 4.69. The Morgan fingerprint density at radius 2 is 1.47 bits per heavy atom. The Kier molecular flexibility index (Phi) is 7.54. The van der Waals surface area contributed by atoms with Crippen molar-refractivity contribution in [2.45, 2.75) is 51.3 Å². The Morgan fingerprint density at radius 1 is 0.900 bits per heavy atom. The molecule has 0 saturated carbocycles. The zero-order chi connectivity index (χ0) is 22.7. The summed E-state index contributed by atoms with van der Waals surface area (Å²) in [5, 5.41) is 0. The number of nitrogens with one attached hydrogen (secondary N) is 1. The smallest absolute Gasteiger partial charge is 0.262 e. The summed E-state index contributed by atoms with van der Waals surface area (Å²) in [6.45, 7) is 11.5.